The highest BCUT2D eigenvalue weighted by Gasteiger charge is 2.16. The average Bonchev–Trinajstić information content (AvgIpc) is 2.80. The van der Waals surface area contributed by atoms with Crippen LogP contribution in [0.15, 0.2) is 39.2 Å². The lowest BCUT2D eigenvalue weighted by Gasteiger charge is -2.02. The van der Waals surface area contributed by atoms with Crippen LogP contribution in [0.5, 0.6) is 0 Å². The van der Waals surface area contributed by atoms with E-state index in [4.69, 9.17) is 4.42 Å². The molecule has 1 aromatic heterocycles. The Labute approximate surface area is 109 Å². The van der Waals surface area contributed by atoms with Crippen molar-refractivity contribution in [3.63, 3.8) is 0 Å². The molecule has 17 heavy (non-hydrogen) atoms. The summed E-state index contributed by atoms with van der Waals surface area (Å²) in [5.41, 5.74) is 1.70. The predicted octanol–water partition coefficient (Wildman–Crippen LogP) is 4.14. The zero-order valence-corrected chi connectivity index (χ0v) is 11.4. The lowest BCUT2D eigenvalue weighted by molar-refractivity contribution is 0.101. The minimum absolute atomic E-state index is 0.0831. The van der Waals surface area contributed by atoms with Gasteiger partial charge in [0.1, 0.15) is 5.76 Å². The van der Waals surface area contributed by atoms with Crippen molar-refractivity contribution in [2.45, 2.75) is 20.3 Å². The van der Waals surface area contributed by atoms with Crippen molar-refractivity contribution in [3.05, 3.63) is 57.5 Å². The summed E-state index contributed by atoms with van der Waals surface area (Å²) < 4.78 is 6.27. The van der Waals surface area contributed by atoms with Gasteiger partial charge < -0.3 is 4.42 Å². The van der Waals surface area contributed by atoms with E-state index in [0.29, 0.717) is 11.3 Å². The van der Waals surface area contributed by atoms with E-state index in [1.807, 2.05) is 38.1 Å². The molecule has 88 valence electrons. The van der Waals surface area contributed by atoms with Crippen molar-refractivity contribution in [1.29, 1.82) is 0 Å². The third-order valence-corrected chi connectivity index (χ3v) is 3.29. The van der Waals surface area contributed by atoms with Gasteiger partial charge >= 0.3 is 0 Å². The monoisotopic (exact) mass is 292 g/mol. The minimum Gasteiger partial charge on any atom is -0.458 e. The molecule has 0 radical (unpaired) electrons. The van der Waals surface area contributed by atoms with Crippen LogP contribution < -0.4 is 0 Å². The van der Waals surface area contributed by atoms with Crippen molar-refractivity contribution in [3.8, 4) is 0 Å². The number of rotatable bonds is 3. The van der Waals surface area contributed by atoms with Crippen molar-refractivity contribution in [2.24, 2.45) is 0 Å². The van der Waals surface area contributed by atoms with Crippen molar-refractivity contribution in [1.82, 2.24) is 0 Å². The molecule has 0 fully saturated rings. The summed E-state index contributed by atoms with van der Waals surface area (Å²) in [6.07, 6.45) is 0.794. The smallest absolute Gasteiger partial charge is 0.229 e. The second kappa shape index (κ2) is 4.88. The molecule has 2 aromatic rings. The molecule has 0 aliphatic carbocycles. The summed E-state index contributed by atoms with van der Waals surface area (Å²) in [5.74, 6) is 1.14. The summed E-state index contributed by atoms with van der Waals surface area (Å²) in [5, 5.41) is 0. The molecule has 0 spiro atoms. The molecule has 0 N–H and O–H groups in total. The molecule has 0 aliphatic rings. The quantitative estimate of drug-likeness (QED) is 0.796. The number of aryl methyl sites for hydroxylation is 2. The van der Waals surface area contributed by atoms with Crippen LogP contribution in [0, 0.1) is 6.92 Å². The SMILES string of the molecule is CCc1ccc(C(=O)c2cc(C)ccc2Br)o1. The van der Waals surface area contributed by atoms with Crippen LogP contribution in [-0.4, -0.2) is 5.78 Å². The van der Waals surface area contributed by atoms with Crippen LogP contribution in [0.3, 0.4) is 0 Å². The fraction of sp³-hybridized carbons (Fsp3) is 0.214. The van der Waals surface area contributed by atoms with E-state index in [-0.39, 0.29) is 5.78 Å². The molecule has 3 heteroatoms. The molecule has 0 bridgehead atoms. The molecule has 0 aliphatic heterocycles. The number of ketones is 1. The zero-order valence-electron chi connectivity index (χ0n) is 9.79. The van der Waals surface area contributed by atoms with Crippen LogP contribution in [0.2, 0.25) is 0 Å². The molecule has 1 heterocycles. The number of hydrogen-bond acceptors (Lipinski definition) is 2. The van der Waals surface area contributed by atoms with Crippen LogP contribution in [-0.2, 0) is 6.42 Å². The van der Waals surface area contributed by atoms with Crippen LogP contribution in [0.25, 0.3) is 0 Å². The molecule has 0 saturated heterocycles. The first-order chi connectivity index (χ1) is 8.11. The molecule has 0 unspecified atom stereocenters. The topological polar surface area (TPSA) is 30.2 Å². The summed E-state index contributed by atoms with van der Waals surface area (Å²) in [7, 11) is 0. The number of halogens is 1. The third-order valence-electron chi connectivity index (χ3n) is 2.60. The Bertz CT molecular complexity index is 555. The van der Waals surface area contributed by atoms with Gasteiger partial charge in [-0.2, -0.15) is 0 Å². The molecule has 1 aromatic carbocycles. The maximum absolute atomic E-state index is 12.2. The largest absolute Gasteiger partial charge is 0.458 e. The molecule has 2 nitrogen and oxygen atoms in total. The van der Waals surface area contributed by atoms with Crippen LogP contribution in [0.1, 0.15) is 34.4 Å². The van der Waals surface area contributed by atoms with E-state index >= 15 is 0 Å². The highest BCUT2D eigenvalue weighted by atomic mass is 79.9. The lowest BCUT2D eigenvalue weighted by atomic mass is 10.1. The Hall–Kier alpha value is -1.35. The van der Waals surface area contributed by atoms with Gasteiger partial charge in [-0.25, -0.2) is 0 Å². The summed E-state index contributed by atoms with van der Waals surface area (Å²) in [4.78, 5) is 12.2. The first-order valence-corrected chi connectivity index (χ1v) is 6.30. The van der Waals surface area contributed by atoms with Crippen molar-refractivity contribution < 1.29 is 9.21 Å². The van der Waals surface area contributed by atoms with E-state index in [9.17, 15) is 4.79 Å². The number of carbonyl (C=O) groups excluding carboxylic acids is 1. The van der Waals surface area contributed by atoms with E-state index in [2.05, 4.69) is 15.9 Å². The molecule has 0 amide bonds. The molecular weight excluding hydrogens is 280 g/mol. The van der Waals surface area contributed by atoms with Crippen molar-refractivity contribution in [2.75, 3.05) is 0 Å². The fourth-order valence-corrected chi connectivity index (χ4v) is 2.06. The standard InChI is InChI=1S/C14H13BrO2/c1-3-10-5-7-13(17-10)14(16)11-8-9(2)4-6-12(11)15/h4-8H,3H2,1-2H3. The average molecular weight is 293 g/mol. The summed E-state index contributed by atoms with van der Waals surface area (Å²) in [6.45, 7) is 3.96. The fourth-order valence-electron chi connectivity index (χ4n) is 1.64. The lowest BCUT2D eigenvalue weighted by Crippen LogP contribution is -2.01. The Morgan fingerprint density at radius 3 is 2.71 bits per heavy atom. The molecular formula is C14H13BrO2. The summed E-state index contributed by atoms with van der Waals surface area (Å²) in [6, 6.07) is 9.28. The van der Waals surface area contributed by atoms with Gasteiger partial charge in [-0.1, -0.05) is 34.5 Å². The van der Waals surface area contributed by atoms with Gasteiger partial charge in [0.15, 0.2) is 5.76 Å². The Kier molecular flexibility index (Phi) is 3.48. The number of carbonyl (C=O) groups is 1. The minimum atomic E-state index is -0.0831. The van der Waals surface area contributed by atoms with Gasteiger partial charge in [-0.3, -0.25) is 4.79 Å². The predicted molar refractivity (Wildman–Crippen MR) is 70.4 cm³/mol. The first kappa shape index (κ1) is 12.1. The van der Waals surface area contributed by atoms with Crippen LogP contribution >= 0.6 is 15.9 Å². The number of furan rings is 1. The maximum atomic E-state index is 12.2. The van der Waals surface area contributed by atoms with Gasteiger partial charge in [0.05, 0.1) is 0 Å². The summed E-state index contributed by atoms with van der Waals surface area (Å²) >= 11 is 3.39. The van der Waals surface area contributed by atoms with Crippen LogP contribution in [0.4, 0.5) is 0 Å². The van der Waals surface area contributed by atoms with E-state index in [1.54, 1.807) is 6.07 Å². The van der Waals surface area contributed by atoms with E-state index in [1.165, 1.54) is 0 Å². The Morgan fingerprint density at radius 2 is 2.06 bits per heavy atom. The molecule has 2 rings (SSSR count). The second-order valence-corrected chi connectivity index (χ2v) is 4.79. The second-order valence-electron chi connectivity index (χ2n) is 3.93. The third kappa shape index (κ3) is 2.50. The van der Waals surface area contributed by atoms with Gasteiger partial charge in [0, 0.05) is 16.5 Å². The number of benzene rings is 1. The van der Waals surface area contributed by atoms with E-state index < -0.39 is 0 Å². The first-order valence-electron chi connectivity index (χ1n) is 5.51. The Morgan fingerprint density at radius 1 is 1.29 bits per heavy atom. The zero-order chi connectivity index (χ0) is 12.4. The molecule has 0 atom stereocenters. The van der Waals surface area contributed by atoms with Gasteiger partial charge in [-0.05, 0) is 31.2 Å². The highest BCUT2D eigenvalue weighted by Crippen LogP contribution is 2.22. The van der Waals surface area contributed by atoms with Gasteiger partial charge in [-0.15, -0.1) is 0 Å². The normalized spacial score (nSPS) is 10.5. The van der Waals surface area contributed by atoms with Gasteiger partial charge in [0.2, 0.25) is 5.78 Å². The maximum Gasteiger partial charge on any atom is 0.229 e. The van der Waals surface area contributed by atoms with Gasteiger partial charge in [0.25, 0.3) is 0 Å². The molecule has 0 saturated carbocycles. The highest BCUT2D eigenvalue weighted by molar-refractivity contribution is 9.10. The van der Waals surface area contributed by atoms with Crippen molar-refractivity contribution >= 4 is 21.7 Å². The Balaban J connectivity index is 2.39. The number of hydrogen-bond donors (Lipinski definition) is 0. The van der Waals surface area contributed by atoms with E-state index in [0.717, 1.165) is 22.2 Å².